The van der Waals surface area contributed by atoms with Crippen LogP contribution >= 0.6 is 11.6 Å². The summed E-state index contributed by atoms with van der Waals surface area (Å²) in [5.41, 5.74) is 1.68. The predicted molar refractivity (Wildman–Crippen MR) is 65.3 cm³/mol. The second-order valence-electron chi connectivity index (χ2n) is 3.54. The standard InChI is InChI=1S/C12H11ClN2O2/c1-2-15-11(12(16)17)7-10(14-15)8-3-5-9(13)6-4-8/h3-7H,2H2,1H3,(H,16,17). The van der Waals surface area contributed by atoms with Crippen molar-refractivity contribution in [3.05, 3.63) is 41.0 Å². The van der Waals surface area contributed by atoms with Crippen LogP contribution in [0, 0.1) is 0 Å². The van der Waals surface area contributed by atoms with Gasteiger partial charge in [0.05, 0.1) is 5.69 Å². The van der Waals surface area contributed by atoms with Crippen LogP contribution in [0.1, 0.15) is 17.4 Å². The molecule has 2 aromatic rings. The lowest BCUT2D eigenvalue weighted by Gasteiger charge is -1.98. The van der Waals surface area contributed by atoms with Gasteiger partial charge in [0.2, 0.25) is 0 Å². The molecule has 17 heavy (non-hydrogen) atoms. The third-order valence-electron chi connectivity index (χ3n) is 2.44. The number of aryl methyl sites for hydroxylation is 1. The number of rotatable bonds is 3. The number of benzene rings is 1. The van der Waals surface area contributed by atoms with E-state index < -0.39 is 5.97 Å². The van der Waals surface area contributed by atoms with Gasteiger partial charge in [-0.25, -0.2) is 4.79 Å². The van der Waals surface area contributed by atoms with Crippen LogP contribution in [0.4, 0.5) is 0 Å². The third-order valence-corrected chi connectivity index (χ3v) is 2.69. The third kappa shape index (κ3) is 2.31. The van der Waals surface area contributed by atoms with Crippen molar-refractivity contribution in [3.63, 3.8) is 0 Å². The van der Waals surface area contributed by atoms with Crippen LogP contribution in [0.15, 0.2) is 30.3 Å². The first-order valence-electron chi connectivity index (χ1n) is 5.19. The molecule has 0 fully saturated rings. The summed E-state index contributed by atoms with van der Waals surface area (Å²) in [7, 11) is 0. The first kappa shape index (κ1) is 11.7. The molecule has 0 saturated carbocycles. The van der Waals surface area contributed by atoms with Gasteiger partial charge in [-0.3, -0.25) is 4.68 Å². The highest BCUT2D eigenvalue weighted by molar-refractivity contribution is 6.30. The maximum absolute atomic E-state index is 11.0. The molecule has 0 saturated heterocycles. The Labute approximate surface area is 103 Å². The zero-order chi connectivity index (χ0) is 12.4. The Morgan fingerprint density at radius 1 is 1.41 bits per heavy atom. The summed E-state index contributed by atoms with van der Waals surface area (Å²) in [4.78, 5) is 11.0. The molecule has 0 amide bonds. The molecule has 1 heterocycles. The molecule has 1 N–H and O–H groups in total. The molecular weight excluding hydrogens is 240 g/mol. The first-order valence-corrected chi connectivity index (χ1v) is 5.56. The lowest BCUT2D eigenvalue weighted by molar-refractivity contribution is 0.0683. The van der Waals surface area contributed by atoms with Crippen LogP contribution in [-0.2, 0) is 6.54 Å². The number of halogens is 1. The fourth-order valence-electron chi connectivity index (χ4n) is 1.59. The number of hydrogen-bond donors (Lipinski definition) is 1. The average molecular weight is 251 g/mol. The number of aromatic carboxylic acids is 1. The van der Waals surface area contributed by atoms with Gasteiger partial charge in [-0.2, -0.15) is 5.10 Å². The summed E-state index contributed by atoms with van der Waals surface area (Å²) in [6, 6.07) is 8.70. The second-order valence-corrected chi connectivity index (χ2v) is 3.98. The molecule has 5 heteroatoms. The molecule has 0 atom stereocenters. The number of aromatic nitrogens is 2. The van der Waals surface area contributed by atoms with Gasteiger partial charge in [-0.05, 0) is 25.1 Å². The molecule has 0 aliphatic heterocycles. The van der Waals surface area contributed by atoms with Crippen molar-refractivity contribution < 1.29 is 9.90 Å². The van der Waals surface area contributed by atoms with Crippen LogP contribution in [-0.4, -0.2) is 20.9 Å². The molecule has 0 radical (unpaired) electrons. The van der Waals surface area contributed by atoms with Gasteiger partial charge in [-0.15, -0.1) is 0 Å². The quantitative estimate of drug-likeness (QED) is 0.911. The maximum atomic E-state index is 11.0. The minimum Gasteiger partial charge on any atom is -0.477 e. The van der Waals surface area contributed by atoms with E-state index in [1.54, 1.807) is 18.2 Å². The molecule has 1 aromatic carbocycles. The summed E-state index contributed by atoms with van der Waals surface area (Å²) < 4.78 is 1.46. The first-order chi connectivity index (χ1) is 8.11. The fourth-order valence-corrected chi connectivity index (χ4v) is 1.72. The van der Waals surface area contributed by atoms with Crippen molar-refractivity contribution in [2.24, 2.45) is 0 Å². The van der Waals surface area contributed by atoms with Gasteiger partial charge >= 0.3 is 5.97 Å². The minimum atomic E-state index is -0.973. The Bertz CT molecular complexity index is 546. The van der Waals surface area contributed by atoms with E-state index in [0.717, 1.165) is 5.56 Å². The van der Waals surface area contributed by atoms with Crippen LogP contribution in [0.25, 0.3) is 11.3 Å². The van der Waals surface area contributed by atoms with Crippen LogP contribution in [0.3, 0.4) is 0 Å². The molecule has 4 nitrogen and oxygen atoms in total. The summed E-state index contributed by atoms with van der Waals surface area (Å²) in [6.07, 6.45) is 0. The average Bonchev–Trinajstić information content (AvgIpc) is 2.74. The van der Waals surface area contributed by atoms with Crippen molar-refractivity contribution in [2.75, 3.05) is 0 Å². The Balaban J connectivity index is 2.46. The topological polar surface area (TPSA) is 55.1 Å². The summed E-state index contributed by atoms with van der Waals surface area (Å²) >= 11 is 5.79. The van der Waals surface area contributed by atoms with Gasteiger partial charge in [0.15, 0.2) is 0 Å². The van der Waals surface area contributed by atoms with Gasteiger partial charge in [0.1, 0.15) is 5.69 Å². The smallest absolute Gasteiger partial charge is 0.354 e. The highest BCUT2D eigenvalue weighted by atomic mass is 35.5. The van der Waals surface area contributed by atoms with Crippen molar-refractivity contribution in [2.45, 2.75) is 13.5 Å². The molecule has 0 unspecified atom stereocenters. The van der Waals surface area contributed by atoms with E-state index in [-0.39, 0.29) is 5.69 Å². The largest absolute Gasteiger partial charge is 0.477 e. The Morgan fingerprint density at radius 2 is 2.06 bits per heavy atom. The molecular formula is C12H11ClN2O2. The number of carboxylic acids is 1. The zero-order valence-electron chi connectivity index (χ0n) is 9.22. The van der Waals surface area contributed by atoms with Crippen molar-refractivity contribution >= 4 is 17.6 Å². The Kier molecular flexibility index (Phi) is 3.15. The monoisotopic (exact) mass is 250 g/mol. The maximum Gasteiger partial charge on any atom is 0.354 e. The van der Waals surface area contributed by atoms with Crippen molar-refractivity contribution in [3.8, 4) is 11.3 Å². The molecule has 1 aromatic heterocycles. The van der Waals surface area contributed by atoms with Crippen LogP contribution in [0.5, 0.6) is 0 Å². The highest BCUT2D eigenvalue weighted by Crippen LogP contribution is 2.21. The van der Waals surface area contributed by atoms with E-state index in [1.807, 2.05) is 19.1 Å². The number of hydrogen-bond acceptors (Lipinski definition) is 2. The van der Waals surface area contributed by atoms with Gasteiger partial charge < -0.3 is 5.11 Å². The summed E-state index contributed by atoms with van der Waals surface area (Å²) in [5, 5.41) is 13.9. The second kappa shape index (κ2) is 4.59. The molecule has 0 spiro atoms. The molecule has 0 aliphatic rings. The predicted octanol–water partition coefficient (Wildman–Crippen LogP) is 2.92. The van der Waals surface area contributed by atoms with E-state index in [1.165, 1.54) is 4.68 Å². The van der Waals surface area contributed by atoms with Crippen LogP contribution in [0.2, 0.25) is 5.02 Å². The zero-order valence-corrected chi connectivity index (χ0v) is 9.98. The number of nitrogens with zero attached hydrogens (tertiary/aromatic N) is 2. The summed E-state index contributed by atoms with van der Waals surface area (Å²) in [6.45, 7) is 2.38. The molecule has 0 aliphatic carbocycles. The fraction of sp³-hybridized carbons (Fsp3) is 0.167. The molecule has 2 rings (SSSR count). The lowest BCUT2D eigenvalue weighted by atomic mass is 10.1. The Morgan fingerprint density at radius 3 is 2.53 bits per heavy atom. The van der Waals surface area contributed by atoms with E-state index in [2.05, 4.69) is 5.10 Å². The van der Waals surface area contributed by atoms with Crippen molar-refractivity contribution in [1.82, 2.24) is 9.78 Å². The van der Waals surface area contributed by atoms with E-state index in [9.17, 15) is 4.79 Å². The van der Waals surface area contributed by atoms with Gasteiger partial charge in [0, 0.05) is 17.1 Å². The highest BCUT2D eigenvalue weighted by Gasteiger charge is 2.13. The summed E-state index contributed by atoms with van der Waals surface area (Å²) in [5.74, 6) is -0.973. The molecule has 0 bridgehead atoms. The van der Waals surface area contributed by atoms with Crippen molar-refractivity contribution in [1.29, 1.82) is 0 Å². The Hall–Kier alpha value is -1.81. The van der Waals surface area contributed by atoms with E-state index >= 15 is 0 Å². The number of carbonyl (C=O) groups is 1. The number of carboxylic acid groups (broad SMARTS) is 1. The lowest BCUT2D eigenvalue weighted by Crippen LogP contribution is -2.07. The molecule has 88 valence electrons. The van der Waals surface area contributed by atoms with Crippen LogP contribution < -0.4 is 0 Å². The van der Waals surface area contributed by atoms with Gasteiger partial charge in [0.25, 0.3) is 0 Å². The van der Waals surface area contributed by atoms with Gasteiger partial charge in [-0.1, -0.05) is 23.7 Å². The normalized spacial score (nSPS) is 10.5. The van der Waals surface area contributed by atoms with E-state index in [4.69, 9.17) is 16.7 Å². The minimum absolute atomic E-state index is 0.192. The SMILES string of the molecule is CCn1nc(-c2ccc(Cl)cc2)cc1C(=O)O. The van der Waals surface area contributed by atoms with E-state index in [0.29, 0.717) is 17.3 Å².